The molecule has 0 spiro atoms. The highest BCUT2D eigenvalue weighted by atomic mass is 35.5. The lowest BCUT2D eigenvalue weighted by molar-refractivity contribution is 0.102. The first-order valence-corrected chi connectivity index (χ1v) is 7.18. The molecule has 2 aromatic heterocycles. The number of carbonyl (C=O) groups excluding carboxylic acids is 1. The number of benzene rings is 1. The molecule has 3 aromatic rings. The standard InChI is InChI=1S/C13H10Cl2N6O2/c1-6-9(14)10(15)11(16-6)12(22)17-7-2-4-8(5-3-7)21-13(23)18-19-20-21/h2-5,16H,1H3,(H,17,22)(H,18,20,23). The molecule has 0 aliphatic heterocycles. The molecule has 0 atom stereocenters. The number of H-pyrrole nitrogens is 2. The van der Waals surface area contributed by atoms with Gasteiger partial charge in [0.25, 0.3) is 5.91 Å². The fraction of sp³-hybridized carbons (Fsp3) is 0.0769. The molecule has 3 N–H and O–H groups in total. The van der Waals surface area contributed by atoms with E-state index in [-0.39, 0.29) is 10.7 Å². The zero-order valence-corrected chi connectivity index (χ0v) is 13.2. The van der Waals surface area contributed by atoms with Crippen molar-refractivity contribution in [3.05, 3.63) is 56.2 Å². The van der Waals surface area contributed by atoms with Crippen molar-refractivity contribution < 1.29 is 4.79 Å². The van der Waals surface area contributed by atoms with Gasteiger partial charge in [0.05, 0.1) is 15.7 Å². The highest BCUT2D eigenvalue weighted by Gasteiger charge is 2.18. The van der Waals surface area contributed by atoms with Gasteiger partial charge in [-0.15, -0.1) is 0 Å². The Morgan fingerprint density at radius 1 is 1.22 bits per heavy atom. The van der Waals surface area contributed by atoms with Crippen molar-refractivity contribution in [2.45, 2.75) is 6.92 Å². The number of halogens is 2. The summed E-state index contributed by atoms with van der Waals surface area (Å²) >= 11 is 12.0. The van der Waals surface area contributed by atoms with Gasteiger partial charge >= 0.3 is 5.69 Å². The molecule has 0 bridgehead atoms. The number of amides is 1. The maximum atomic E-state index is 12.2. The van der Waals surface area contributed by atoms with Gasteiger partial charge in [-0.25, -0.2) is 9.89 Å². The van der Waals surface area contributed by atoms with Gasteiger partial charge in [0.15, 0.2) is 0 Å². The quantitative estimate of drug-likeness (QED) is 0.670. The minimum absolute atomic E-state index is 0.174. The Morgan fingerprint density at radius 2 is 1.91 bits per heavy atom. The number of carbonyl (C=O) groups is 1. The van der Waals surface area contributed by atoms with Crippen LogP contribution >= 0.6 is 23.2 Å². The van der Waals surface area contributed by atoms with Gasteiger partial charge in [0.1, 0.15) is 5.69 Å². The van der Waals surface area contributed by atoms with Crippen LogP contribution in [0.4, 0.5) is 5.69 Å². The lowest BCUT2D eigenvalue weighted by Crippen LogP contribution is -2.16. The molecule has 0 radical (unpaired) electrons. The SMILES string of the molecule is Cc1[nH]c(C(=O)Nc2ccc(-n3nn[nH]c3=O)cc2)c(Cl)c1Cl. The number of anilines is 1. The summed E-state index contributed by atoms with van der Waals surface area (Å²) in [6, 6.07) is 6.49. The average Bonchev–Trinajstić information content (AvgIpc) is 3.07. The van der Waals surface area contributed by atoms with E-state index in [4.69, 9.17) is 23.2 Å². The Kier molecular flexibility index (Phi) is 3.93. The molecule has 1 amide bonds. The van der Waals surface area contributed by atoms with Crippen molar-refractivity contribution in [2.24, 2.45) is 0 Å². The predicted molar refractivity (Wildman–Crippen MR) is 85.5 cm³/mol. The fourth-order valence-corrected chi connectivity index (χ4v) is 2.39. The van der Waals surface area contributed by atoms with Crippen LogP contribution in [-0.4, -0.2) is 31.1 Å². The molecule has 3 rings (SSSR count). The summed E-state index contributed by atoms with van der Waals surface area (Å²) in [5.74, 6) is -0.420. The number of nitrogens with zero attached hydrogens (tertiary/aromatic N) is 3. The van der Waals surface area contributed by atoms with Gasteiger partial charge < -0.3 is 10.3 Å². The summed E-state index contributed by atoms with van der Waals surface area (Å²) in [7, 11) is 0. The smallest absolute Gasteiger partial charge is 0.352 e. The monoisotopic (exact) mass is 352 g/mol. The van der Waals surface area contributed by atoms with E-state index in [0.29, 0.717) is 22.1 Å². The molecule has 0 unspecified atom stereocenters. The van der Waals surface area contributed by atoms with Crippen molar-refractivity contribution in [2.75, 3.05) is 5.32 Å². The number of hydrogen-bond acceptors (Lipinski definition) is 4. The second kappa shape index (κ2) is 5.90. The van der Waals surface area contributed by atoms with E-state index in [1.165, 1.54) is 0 Å². The van der Waals surface area contributed by atoms with Crippen molar-refractivity contribution in [1.29, 1.82) is 0 Å². The van der Waals surface area contributed by atoms with Crippen LogP contribution in [0.25, 0.3) is 5.69 Å². The molecule has 0 aliphatic rings. The largest absolute Gasteiger partial charge is 0.365 e. The molecule has 10 heteroatoms. The molecule has 0 aliphatic carbocycles. The number of nitrogens with one attached hydrogen (secondary N) is 3. The summed E-state index contributed by atoms with van der Waals surface area (Å²) in [5, 5.41) is 12.4. The molecule has 1 aromatic carbocycles. The third kappa shape index (κ3) is 2.86. The Balaban J connectivity index is 1.81. The van der Waals surface area contributed by atoms with Gasteiger partial charge in [-0.05, 0) is 41.6 Å². The Hall–Kier alpha value is -2.58. The Labute approximate surface area is 139 Å². The van der Waals surface area contributed by atoms with Crippen molar-refractivity contribution in [1.82, 2.24) is 25.2 Å². The van der Waals surface area contributed by atoms with Gasteiger partial charge in [0.2, 0.25) is 0 Å². The molecule has 2 heterocycles. The van der Waals surface area contributed by atoms with E-state index in [1.54, 1.807) is 31.2 Å². The third-order valence-corrected chi connectivity index (χ3v) is 4.07. The second-order valence-electron chi connectivity index (χ2n) is 4.67. The van der Waals surface area contributed by atoms with Crippen molar-refractivity contribution in [3.8, 4) is 5.69 Å². The van der Waals surface area contributed by atoms with Crippen LogP contribution in [0.5, 0.6) is 0 Å². The van der Waals surface area contributed by atoms with E-state index in [1.807, 2.05) is 0 Å². The first kappa shape index (κ1) is 15.3. The summed E-state index contributed by atoms with van der Waals surface area (Å²) in [6.45, 7) is 1.72. The molecular weight excluding hydrogens is 343 g/mol. The lowest BCUT2D eigenvalue weighted by Gasteiger charge is -2.05. The van der Waals surface area contributed by atoms with Crippen LogP contribution in [-0.2, 0) is 0 Å². The van der Waals surface area contributed by atoms with Crippen LogP contribution < -0.4 is 11.0 Å². The molecule has 8 nitrogen and oxygen atoms in total. The highest BCUT2D eigenvalue weighted by molar-refractivity contribution is 6.44. The molecule has 23 heavy (non-hydrogen) atoms. The van der Waals surface area contributed by atoms with Crippen LogP contribution in [0, 0.1) is 6.92 Å². The number of aromatic nitrogens is 5. The zero-order chi connectivity index (χ0) is 16.6. The first-order chi connectivity index (χ1) is 11.0. The van der Waals surface area contributed by atoms with Crippen LogP contribution in [0.1, 0.15) is 16.2 Å². The summed E-state index contributed by atoms with van der Waals surface area (Å²) in [5.41, 5.74) is 1.38. The van der Waals surface area contributed by atoms with E-state index in [0.717, 1.165) is 4.68 Å². The molecule has 0 saturated carbocycles. The molecule has 0 fully saturated rings. The zero-order valence-electron chi connectivity index (χ0n) is 11.7. The van der Waals surface area contributed by atoms with Crippen molar-refractivity contribution >= 4 is 34.8 Å². The van der Waals surface area contributed by atoms with Gasteiger partial charge in [-0.1, -0.05) is 23.2 Å². The number of aryl methyl sites for hydroxylation is 1. The minimum atomic E-state index is -0.454. The van der Waals surface area contributed by atoms with Crippen molar-refractivity contribution in [3.63, 3.8) is 0 Å². The number of hydrogen-bond donors (Lipinski definition) is 3. The van der Waals surface area contributed by atoms with Gasteiger partial charge in [0, 0.05) is 11.4 Å². The van der Waals surface area contributed by atoms with Crippen LogP contribution in [0.2, 0.25) is 10.0 Å². The Bertz CT molecular complexity index is 925. The average molecular weight is 353 g/mol. The summed E-state index contributed by atoms with van der Waals surface area (Å²) < 4.78 is 1.09. The fourth-order valence-electron chi connectivity index (χ4n) is 1.97. The minimum Gasteiger partial charge on any atom is -0.352 e. The summed E-state index contributed by atoms with van der Waals surface area (Å²) in [6.07, 6.45) is 0. The molecular formula is C13H10Cl2N6O2. The van der Waals surface area contributed by atoms with E-state index < -0.39 is 11.6 Å². The van der Waals surface area contributed by atoms with Crippen LogP contribution in [0.15, 0.2) is 29.1 Å². The lowest BCUT2D eigenvalue weighted by atomic mass is 10.2. The number of tetrazole rings is 1. The molecule has 118 valence electrons. The first-order valence-electron chi connectivity index (χ1n) is 6.43. The highest BCUT2D eigenvalue weighted by Crippen LogP contribution is 2.29. The van der Waals surface area contributed by atoms with Gasteiger partial charge in [-0.3, -0.25) is 4.79 Å². The van der Waals surface area contributed by atoms with E-state index in [9.17, 15) is 9.59 Å². The maximum absolute atomic E-state index is 12.2. The number of rotatable bonds is 3. The normalized spacial score (nSPS) is 10.7. The molecule has 0 saturated heterocycles. The maximum Gasteiger partial charge on any atom is 0.365 e. The third-order valence-electron chi connectivity index (χ3n) is 3.12. The predicted octanol–water partition coefficient (Wildman–Crippen LogP) is 2.15. The van der Waals surface area contributed by atoms with E-state index in [2.05, 4.69) is 25.8 Å². The number of aromatic amines is 2. The van der Waals surface area contributed by atoms with Crippen LogP contribution in [0.3, 0.4) is 0 Å². The Morgan fingerprint density at radius 3 is 2.43 bits per heavy atom. The summed E-state index contributed by atoms with van der Waals surface area (Å²) in [4.78, 5) is 26.5. The second-order valence-corrected chi connectivity index (χ2v) is 5.43. The van der Waals surface area contributed by atoms with Gasteiger partial charge in [-0.2, -0.15) is 4.68 Å². The topological polar surface area (TPSA) is 108 Å². The van der Waals surface area contributed by atoms with E-state index >= 15 is 0 Å².